The third kappa shape index (κ3) is 3.65. The largest absolute Gasteiger partial charge is 0.326 e. The zero-order valence-corrected chi connectivity index (χ0v) is 10.7. The van der Waals surface area contributed by atoms with Gasteiger partial charge in [-0.1, -0.05) is 30.3 Å². The molecule has 0 aliphatic carbocycles. The molecule has 0 spiro atoms. The smallest absolute Gasteiger partial charge is 0.0312 e. The summed E-state index contributed by atoms with van der Waals surface area (Å²) in [6.07, 6.45) is 3.71. The van der Waals surface area contributed by atoms with Crippen molar-refractivity contribution in [2.75, 3.05) is 7.05 Å². The first-order chi connectivity index (χ1) is 8.78. The molecule has 1 aromatic heterocycles. The van der Waals surface area contributed by atoms with Gasteiger partial charge in [-0.25, -0.2) is 0 Å². The Morgan fingerprint density at radius 2 is 1.78 bits per heavy atom. The minimum atomic E-state index is 0.597. The Morgan fingerprint density at radius 3 is 2.50 bits per heavy atom. The van der Waals surface area contributed by atoms with E-state index in [1.54, 1.807) is 6.20 Å². The molecule has 0 amide bonds. The van der Waals surface area contributed by atoms with Crippen LogP contribution in [0.4, 0.5) is 0 Å². The Labute approximate surface area is 108 Å². The third-order valence-corrected chi connectivity index (χ3v) is 2.85. The molecule has 0 aliphatic heterocycles. The van der Waals surface area contributed by atoms with Crippen molar-refractivity contribution < 1.29 is 0 Å². The highest BCUT2D eigenvalue weighted by Gasteiger charge is 2.02. The Morgan fingerprint density at radius 1 is 1.06 bits per heavy atom. The molecule has 1 aromatic carbocycles. The van der Waals surface area contributed by atoms with E-state index in [9.17, 15) is 0 Å². The maximum atomic E-state index is 5.65. The van der Waals surface area contributed by atoms with Gasteiger partial charge in [-0.2, -0.15) is 0 Å². The van der Waals surface area contributed by atoms with E-state index in [0.29, 0.717) is 6.54 Å². The van der Waals surface area contributed by atoms with Crippen molar-refractivity contribution in [3.8, 4) is 0 Å². The molecule has 0 bridgehead atoms. The predicted molar refractivity (Wildman–Crippen MR) is 73.7 cm³/mol. The van der Waals surface area contributed by atoms with E-state index in [-0.39, 0.29) is 0 Å². The maximum Gasteiger partial charge on any atom is 0.0312 e. The lowest BCUT2D eigenvalue weighted by Gasteiger charge is -2.17. The first-order valence-corrected chi connectivity index (χ1v) is 6.13. The average molecular weight is 241 g/mol. The summed E-state index contributed by atoms with van der Waals surface area (Å²) in [4.78, 5) is 6.40. The zero-order chi connectivity index (χ0) is 12.8. The first kappa shape index (κ1) is 12.7. The summed E-state index contributed by atoms with van der Waals surface area (Å²) in [6.45, 7) is 2.42. The van der Waals surface area contributed by atoms with E-state index < -0.39 is 0 Å². The van der Waals surface area contributed by atoms with Crippen molar-refractivity contribution in [1.29, 1.82) is 0 Å². The summed E-state index contributed by atoms with van der Waals surface area (Å²) in [5.74, 6) is 0. The lowest BCUT2D eigenvalue weighted by molar-refractivity contribution is 0.318. The van der Waals surface area contributed by atoms with Crippen molar-refractivity contribution in [3.63, 3.8) is 0 Å². The number of aromatic nitrogens is 1. The average Bonchev–Trinajstić information content (AvgIpc) is 2.40. The fraction of sp³-hybridized carbons (Fsp3) is 0.267. The fourth-order valence-corrected chi connectivity index (χ4v) is 2.03. The molecule has 2 N–H and O–H groups in total. The molecular formula is C15H19N3. The number of rotatable bonds is 5. The highest BCUT2D eigenvalue weighted by atomic mass is 15.1. The Bertz CT molecular complexity index is 482. The molecular weight excluding hydrogens is 222 g/mol. The van der Waals surface area contributed by atoms with E-state index in [1.165, 1.54) is 16.7 Å². The summed E-state index contributed by atoms with van der Waals surface area (Å²) in [7, 11) is 2.11. The van der Waals surface area contributed by atoms with Crippen molar-refractivity contribution in [2.24, 2.45) is 5.73 Å². The van der Waals surface area contributed by atoms with Crippen LogP contribution >= 0.6 is 0 Å². The van der Waals surface area contributed by atoms with Gasteiger partial charge < -0.3 is 5.73 Å². The second kappa shape index (κ2) is 6.28. The van der Waals surface area contributed by atoms with Gasteiger partial charge in [0, 0.05) is 32.0 Å². The van der Waals surface area contributed by atoms with Crippen LogP contribution in [0.3, 0.4) is 0 Å². The predicted octanol–water partition coefficient (Wildman–Crippen LogP) is 2.17. The van der Waals surface area contributed by atoms with Gasteiger partial charge in [-0.05, 0) is 29.8 Å². The summed E-state index contributed by atoms with van der Waals surface area (Å²) >= 11 is 0. The fourth-order valence-electron chi connectivity index (χ4n) is 2.03. The molecule has 2 aromatic rings. The Hall–Kier alpha value is -1.71. The van der Waals surface area contributed by atoms with Gasteiger partial charge in [-0.3, -0.25) is 9.88 Å². The summed E-state index contributed by atoms with van der Waals surface area (Å²) in [5, 5.41) is 0. The van der Waals surface area contributed by atoms with E-state index in [0.717, 1.165) is 13.1 Å². The second-order valence-electron chi connectivity index (χ2n) is 4.56. The zero-order valence-electron chi connectivity index (χ0n) is 10.7. The minimum absolute atomic E-state index is 0.597. The topological polar surface area (TPSA) is 42.2 Å². The molecule has 0 radical (unpaired) electrons. The van der Waals surface area contributed by atoms with E-state index >= 15 is 0 Å². The molecule has 0 saturated heterocycles. The molecule has 1 heterocycles. The molecule has 3 heteroatoms. The number of hydrogen-bond donors (Lipinski definition) is 1. The number of nitrogens with two attached hydrogens (primary N) is 1. The van der Waals surface area contributed by atoms with Crippen LogP contribution in [-0.4, -0.2) is 16.9 Å². The Balaban J connectivity index is 1.96. The van der Waals surface area contributed by atoms with E-state index in [1.807, 2.05) is 12.3 Å². The molecule has 18 heavy (non-hydrogen) atoms. The van der Waals surface area contributed by atoms with Crippen LogP contribution in [0.25, 0.3) is 0 Å². The SMILES string of the molecule is CN(Cc1cccnc1)Cc1cccc(CN)c1. The molecule has 0 saturated carbocycles. The van der Waals surface area contributed by atoms with Gasteiger partial charge >= 0.3 is 0 Å². The number of hydrogen-bond acceptors (Lipinski definition) is 3. The van der Waals surface area contributed by atoms with Crippen LogP contribution in [-0.2, 0) is 19.6 Å². The summed E-state index contributed by atoms with van der Waals surface area (Å²) in [6, 6.07) is 12.5. The van der Waals surface area contributed by atoms with Crippen molar-refractivity contribution in [2.45, 2.75) is 19.6 Å². The first-order valence-electron chi connectivity index (χ1n) is 6.13. The van der Waals surface area contributed by atoms with Crippen LogP contribution in [0.15, 0.2) is 48.8 Å². The monoisotopic (exact) mass is 241 g/mol. The van der Waals surface area contributed by atoms with Gasteiger partial charge in [0.05, 0.1) is 0 Å². The van der Waals surface area contributed by atoms with E-state index in [2.05, 4.69) is 47.3 Å². The van der Waals surface area contributed by atoms with Crippen molar-refractivity contribution in [3.05, 3.63) is 65.5 Å². The molecule has 2 rings (SSSR count). The van der Waals surface area contributed by atoms with Crippen LogP contribution < -0.4 is 5.73 Å². The number of benzene rings is 1. The summed E-state index contributed by atoms with van der Waals surface area (Å²) in [5.41, 5.74) is 9.36. The molecule has 94 valence electrons. The van der Waals surface area contributed by atoms with Crippen molar-refractivity contribution in [1.82, 2.24) is 9.88 Å². The quantitative estimate of drug-likeness (QED) is 0.872. The Kier molecular flexibility index (Phi) is 4.45. The molecule has 0 atom stereocenters. The molecule has 0 unspecified atom stereocenters. The minimum Gasteiger partial charge on any atom is -0.326 e. The molecule has 0 aliphatic rings. The lowest BCUT2D eigenvalue weighted by Crippen LogP contribution is -2.17. The van der Waals surface area contributed by atoms with Gasteiger partial charge in [0.2, 0.25) is 0 Å². The summed E-state index contributed by atoms with van der Waals surface area (Å²) < 4.78 is 0. The lowest BCUT2D eigenvalue weighted by atomic mass is 10.1. The maximum absolute atomic E-state index is 5.65. The van der Waals surface area contributed by atoms with Gasteiger partial charge in [0.1, 0.15) is 0 Å². The van der Waals surface area contributed by atoms with Gasteiger partial charge in [-0.15, -0.1) is 0 Å². The van der Waals surface area contributed by atoms with Crippen LogP contribution in [0.5, 0.6) is 0 Å². The number of nitrogens with zero attached hydrogens (tertiary/aromatic N) is 2. The normalized spacial score (nSPS) is 10.8. The van der Waals surface area contributed by atoms with E-state index in [4.69, 9.17) is 5.73 Å². The van der Waals surface area contributed by atoms with Gasteiger partial charge in [0.25, 0.3) is 0 Å². The van der Waals surface area contributed by atoms with Gasteiger partial charge in [0.15, 0.2) is 0 Å². The highest BCUT2D eigenvalue weighted by Crippen LogP contribution is 2.09. The molecule has 3 nitrogen and oxygen atoms in total. The number of pyridine rings is 1. The standard InChI is InChI=1S/C15H19N3/c1-18(12-15-6-3-7-17-10-15)11-14-5-2-4-13(8-14)9-16/h2-8,10H,9,11-12,16H2,1H3. The third-order valence-electron chi connectivity index (χ3n) is 2.85. The molecule has 0 fully saturated rings. The highest BCUT2D eigenvalue weighted by molar-refractivity contribution is 5.23. The van der Waals surface area contributed by atoms with Crippen LogP contribution in [0, 0.1) is 0 Å². The van der Waals surface area contributed by atoms with Crippen LogP contribution in [0.2, 0.25) is 0 Å². The second-order valence-corrected chi connectivity index (χ2v) is 4.56. The van der Waals surface area contributed by atoms with Crippen LogP contribution in [0.1, 0.15) is 16.7 Å². The van der Waals surface area contributed by atoms with Crippen molar-refractivity contribution >= 4 is 0 Å².